The van der Waals surface area contributed by atoms with Crippen LogP contribution in [0, 0.1) is 17.0 Å². The van der Waals surface area contributed by atoms with Crippen molar-refractivity contribution in [3.63, 3.8) is 0 Å². The summed E-state index contributed by atoms with van der Waals surface area (Å²) in [7, 11) is 0. The Labute approximate surface area is 139 Å². The highest BCUT2D eigenvalue weighted by Crippen LogP contribution is 2.20. The summed E-state index contributed by atoms with van der Waals surface area (Å²) < 4.78 is 1.67. The number of nitro benzene ring substituents is 1. The van der Waals surface area contributed by atoms with Crippen LogP contribution in [0.2, 0.25) is 0 Å². The average molecular weight is 320 g/mol. The molecule has 0 unspecified atom stereocenters. The lowest BCUT2D eigenvalue weighted by Crippen LogP contribution is -2.21. The Bertz CT molecular complexity index is 926. The van der Waals surface area contributed by atoms with E-state index < -0.39 is 4.92 Å². The minimum Gasteiger partial charge on any atom is -0.304 e. The number of aromatic nitrogens is 1. The summed E-state index contributed by atoms with van der Waals surface area (Å²) in [6, 6.07) is 19.4. The van der Waals surface area contributed by atoms with E-state index in [1.807, 2.05) is 37.3 Å². The highest BCUT2D eigenvalue weighted by atomic mass is 16.6. The average Bonchev–Trinajstić information content (AvgIpc) is 2.58. The second-order valence-electron chi connectivity index (χ2n) is 5.62. The van der Waals surface area contributed by atoms with Crippen LogP contribution in [0.5, 0.6) is 0 Å². The highest BCUT2D eigenvalue weighted by molar-refractivity contribution is 5.60. The molecular formula is C19H16N2O3. The number of hydrogen-bond acceptors (Lipinski definition) is 3. The molecule has 3 rings (SSSR count). The smallest absolute Gasteiger partial charge is 0.269 e. The van der Waals surface area contributed by atoms with Gasteiger partial charge in [0.25, 0.3) is 11.2 Å². The number of non-ortho nitro benzene ring substituents is 1. The minimum atomic E-state index is -0.434. The summed E-state index contributed by atoms with van der Waals surface area (Å²) in [5.74, 6) is 0. The molecule has 0 aliphatic carbocycles. The van der Waals surface area contributed by atoms with Crippen LogP contribution < -0.4 is 5.56 Å². The van der Waals surface area contributed by atoms with Crippen molar-refractivity contribution in [2.45, 2.75) is 13.5 Å². The van der Waals surface area contributed by atoms with E-state index in [2.05, 4.69) is 0 Å². The molecule has 3 aromatic rings. The summed E-state index contributed by atoms with van der Waals surface area (Å²) in [5, 5.41) is 10.7. The van der Waals surface area contributed by atoms with Gasteiger partial charge in [-0.3, -0.25) is 14.9 Å². The van der Waals surface area contributed by atoms with Gasteiger partial charge in [0.15, 0.2) is 0 Å². The predicted octanol–water partition coefficient (Wildman–Crippen LogP) is 3.78. The van der Waals surface area contributed by atoms with Gasteiger partial charge in [0.2, 0.25) is 0 Å². The summed E-state index contributed by atoms with van der Waals surface area (Å²) in [5.41, 5.74) is 3.70. The van der Waals surface area contributed by atoms with Gasteiger partial charge in [-0.15, -0.1) is 0 Å². The molecule has 0 aliphatic rings. The van der Waals surface area contributed by atoms with Crippen LogP contribution in [0.1, 0.15) is 11.1 Å². The molecular weight excluding hydrogens is 304 g/mol. The monoisotopic (exact) mass is 320 g/mol. The first-order valence-corrected chi connectivity index (χ1v) is 7.55. The molecule has 0 radical (unpaired) electrons. The molecule has 0 bridgehead atoms. The molecule has 2 aromatic carbocycles. The van der Waals surface area contributed by atoms with E-state index in [1.165, 1.54) is 18.2 Å². The van der Waals surface area contributed by atoms with Gasteiger partial charge in [0.05, 0.1) is 17.2 Å². The number of pyridine rings is 1. The molecule has 0 amide bonds. The van der Waals surface area contributed by atoms with E-state index in [1.54, 1.807) is 22.8 Å². The summed E-state index contributed by atoms with van der Waals surface area (Å²) in [4.78, 5) is 22.6. The van der Waals surface area contributed by atoms with Crippen molar-refractivity contribution in [1.29, 1.82) is 0 Å². The van der Waals surface area contributed by atoms with Crippen LogP contribution in [-0.4, -0.2) is 9.49 Å². The van der Waals surface area contributed by atoms with Crippen LogP contribution in [0.4, 0.5) is 5.69 Å². The molecule has 0 spiro atoms. The van der Waals surface area contributed by atoms with Crippen LogP contribution in [0.15, 0.2) is 71.5 Å². The van der Waals surface area contributed by atoms with E-state index in [9.17, 15) is 14.9 Å². The molecule has 0 saturated carbocycles. The third-order valence-corrected chi connectivity index (χ3v) is 3.88. The zero-order chi connectivity index (χ0) is 17.1. The number of benzene rings is 2. The van der Waals surface area contributed by atoms with Gasteiger partial charge in [-0.05, 0) is 24.1 Å². The Morgan fingerprint density at radius 2 is 1.62 bits per heavy atom. The quantitative estimate of drug-likeness (QED) is 0.543. The van der Waals surface area contributed by atoms with Crippen LogP contribution >= 0.6 is 0 Å². The van der Waals surface area contributed by atoms with E-state index in [0.29, 0.717) is 6.54 Å². The maximum absolute atomic E-state index is 12.3. The molecule has 1 heterocycles. The van der Waals surface area contributed by atoms with Gasteiger partial charge in [0, 0.05) is 18.2 Å². The zero-order valence-electron chi connectivity index (χ0n) is 13.2. The number of rotatable bonds is 4. The first kappa shape index (κ1) is 15.7. The fourth-order valence-corrected chi connectivity index (χ4v) is 2.57. The Morgan fingerprint density at radius 1 is 0.958 bits per heavy atom. The van der Waals surface area contributed by atoms with Crippen molar-refractivity contribution in [2.75, 3.05) is 0 Å². The lowest BCUT2D eigenvalue weighted by molar-refractivity contribution is -0.384. The molecule has 0 N–H and O–H groups in total. The fourth-order valence-electron chi connectivity index (χ4n) is 2.57. The Balaban J connectivity index is 2.00. The van der Waals surface area contributed by atoms with Crippen molar-refractivity contribution < 1.29 is 4.92 Å². The highest BCUT2D eigenvalue weighted by Gasteiger charge is 2.09. The van der Waals surface area contributed by atoms with Crippen LogP contribution in [-0.2, 0) is 6.54 Å². The summed E-state index contributed by atoms with van der Waals surface area (Å²) in [6.45, 7) is 2.37. The lowest BCUT2D eigenvalue weighted by atomic mass is 10.1. The summed E-state index contributed by atoms with van der Waals surface area (Å²) >= 11 is 0. The van der Waals surface area contributed by atoms with Gasteiger partial charge in [0.1, 0.15) is 0 Å². The second-order valence-corrected chi connectivity index (χ2v) is 5.62. The summed E-state index contributed by atoms with van der Waals surface area (Å²) in [6.07, 6.45) is 0. The largest absolute Gasteiger partial charge is 0.304 e. The third kappa shape index (κ3) is 3.25. The molecule has 5 heteroatoms. The lowest BCUT2D eigenvalue weighted by Gasteiger charge is -2.13. The van der Waals surface area contributed by atoms with E-state index in [0.717, 1.165) is 22.4 Å². The SMILES string of the molecule is Cc1ccc(-c2cccc(=O)n2Cc2ccc([N+](=O)[O-])cc2)cc1. The van der Waals surface area contributed by atoms with E-state index in [-0.39, 0.29) is 11.2 Å². The molecule has 0 atom stereocenters. The molecule has 0 fully saturated rings. The maximum atomic E-state index is 12.3. The fraction of sp³-hybridized carbons (Fsp3) is 0.105. The molecule has 0 aliphatic heterocycles. The molecule has 1 aromatic heterocycles. The molecule has 5 nitrogen and oxygen atoms in total. The second kappa shape index (κ2) is 6.50. The van der Waals surface area contributed by atoms with Crippen molar-refractivity contribution in [2.24, 2.45) is 0 Å². The molecule has 120 valence electrons. The van der Waals surface area contributed by atoms with Gasteiger partial charge >= 0.3 is 0 Å². The Morgan fingerprint density at radius 3 is 2.25 bits per heavy atom. The number of nitro groups is 1. The van der Waals surface area contributed by atoms with E-state index in [4.69, 9.17) is 0 Å². The van der Waals surface area contributed by atoms with Gasteiger partial charge in [-0.25, -0.2) is 0 Å². The first-order valence-electron chi connectivity index (χ1n) is 7.55. The number of hydrogen-bond donors (Lipinski definition) is 0. The normalized spacial score (nSPS) is 10.5. The van der Waals surface area contributed by atoms with Gasteiger partial charge in [-0.2, -0.15) is 0 Å². The standard InChI is InChI=1S/C19H16N2O3/c1-14-5-9-16(10-6-14)18-3-2-4-19(22)20(18)13-15-7-11-17(12-8-15)21(23)24/h2-12H,13H2,1H3. The Hall–Kier alpha value is -3.21. The van der Waals surface area contributed by atoms with Crippen LogP contribution in [0.25, 0.3) is 11.3 Å². The van der Waals surface area contributed by atoms with Crippen molar-refractivity contribution >= 4 is 5.69 Å². The first-order chi connectivity index (χ1) is 11.5. The minimum absolute atomic E-state index is 0.0397. The maximum Gasteiger partial charge on any atom is 0.269 e. The van der Waals surface area contributed by atoms with E-state index >= 15 is 0 Å². The van der Waals surface area contributed by atoms with Crippen molar-refractivity contribution in [1.82, 2.24) is 4.57 Å². The number of nitrogens with zero attached hydrogens (tertiary/aromatic N) is 2. The predicted molar refractivity (Wildman–Crippen MR) is 93.1 cm³/mol. The zero-order valence-corrected chi connectivity index (χ0v) is 13.2. The topological polar surface area (TPSA) is 65.1 Å². The Kier molecular flexibility index (Phi) is 4.24. The third-order valence-electron chi connectivity index (χ3n) is 3.88. The van der Waals surface area contributed by atoms with Crippen molar-refractivity contribution in [3.05, 3.63) is 98.3 Å². The van der Waals surface area contributed by atoms with Crippen LogP contribution in [0.3, 0.4) is 0 Å². The van der Waals surface area contributed by atoms with Crippen molar-refractivity contribution in [3.8, 4) is 11.3 Å². The van der Waals surface area contributed by atoms with Gasteiger partial charge in [-0.1, -0.05) is 48.0 Å². The molecule has 0 saturated heterocycles. The number of aryl methyl sites for hydroxylation is 1. The van der Waals surface area contributed by atoms with Gasteiger partial charge < -0.3 is 4.57 Å². The molecule has 24 heavy (non-hydrogen) atoms.